The van der Waals surface area contributed by atoms with Crippen LogP contribution in [0.15, 0.2) is 22.7 Å². The summed E-state index contributed by atoms with van der Waals surface area (Å²) in [5, 5.41) is 0. The lowest BCUT2D eigenvalue weighted by atomic mass is 9.96. The summed E-state index contributed by atoms with van der Waals surface area (Å²) in [7, 11) is 1.39. The minimum absolute atomic E-state index is 0.0648. The number of hydrogen-bond acceptors (Lipinski definition) is 3. The third kappa shape index (κ3) is 3.23. The van der Waals surface area contributed by atoms with Crippen molar-refractivity contribution in [3.05, 3.63) is 28.2 Å². The van der Waals surface area contributed by atoms with Crippen molar-refractivity contribution in [2.45, 2.75) is 19.3 Å². The number of halogens is 1. The molecule has 3 nitrogen and oxygen atoms in total. The maximum absolute atomic E-state index is 11.1. The Labute approximate surface area is 97.7 Å². The minimum atomic E-state index is -0.220. The topological polar surface area (TPSA) is 52.3 Å². The Balaban J connectivity index is 2.85. The Kier molecular flexibility index (Phi) is 4.15. The van der Waals surface area contributed by atoms with Crippen LogP contribution in [0.5, 0.6) is 0 Å². The predicted molar refractivity (Wildman–Crippen MR) is 63.6 cm³/mol. The molecule has 0 saturated heterocycles. The Morgan fingerprint density at radius 1 is 1.60 bits per heavy atom. The lowest BCUT2D eigenvalue weighted by Crippen LogP contribution is -2.07. The molecular formula is C11H14BrNO2. The van der Waals surface area contributed by atoms with E-state index in [9.17, 15) is 4.79 Å². The van der Waals surface area contributed by atoms with Gasteiger partial charge in [-0.2, -0.15) is 0 Å². The van der Waals surface area contributed by atoms with E-state index < -0.39 is 0 Å². The first kappa shape index (κ1) is 12.0. The van der Waals surface area contributed by atoms with Crippen molar-refractivity contribution in [3.63, 3.8) is 0 Å². The van der Waals surface area contributed by atoms with Crippen molar-refractivity contribution in [1.29, 1.82) is 0 Å². The van der Waals surface area contributed by atoms with Gasteiger partial charge in [0.1, 0.15) is 0 Å². The summed E-state index contributed by atoms with van der Waals surface area (Å²) in [6.45, 7) is 1.95. The van der Waals surface area contributed by atoms with Crippen LogP contribution in [0, 0.1) is 0 Å². The number of carbonyl (C=O) groups excluding carboxylic acids is 1. The minimum Gasteiger partial charge on any atom is -0.469 e. The molecule has 0 aliphatic rings. The van der Waals surface area contributed by atoms with Gasteiger partial charge in [-0.15, -0.1) is 0 Å². The lowest BCUT2D eigenvalue weighted by molar-refractivity contribution is -0.140. The molecule has 1 atom stereocenters. The quantitative estimate of drug-likeness (QED) is 0.680. The van der Waals surface area contributed by atoms with Crippen LogP contribution in [0.2, 0.25) is 0 Å². The molecular weight excluding hydrogens is 258 g/mol. The molecule has 0 radical (unpaired) electrons. The van der Waals surface area contributed by atoms with Gasteiger partial charge in [0.2, 0.25) is 0 Å². The molecule has 15 heavy (non-hydrogen) atoms. The highest BCUT2D eigenvalue weighted by Crippen LogP contribution is 2.28. The first-order valence-corrected chi connectivity index (χ1v) is 5.45. The Hall–Kier alpha value is -1.03. The van der Waals surface area contributed by atoms with Gasteiger partial charge in [0.05, 0.1) is 13.5 Å². The van der Waals surface area contributed by atoms with E-state index >= 15 is 0 Å². The van der Waals surface area contributed by atoms with Gasteiger partial charge >= 0.3 is 5.97 Å². The summed E-state index contributed by atoms with van der Waals surface area (Å²) in [4.78, 5) is 11.1. The number of esters is 1. The third-order valence-electron chi connectivity index (χ3n) is 2.28. The molecule has 82 valence electrons. The van der Waals surface area contributed by atoms with Gasteiger partial charge in [-0.25, -0.2) is 0 Å². The molecule has 0 saturated carbocycles. The van der Waals surface area contributed by atoms with Crippen molar-refractivity contribution in [3.8, 4) is 0 Å². The lowest BCUT2D eigenvalue weighted by Gasteiger charge is -2.13. The molecule has 0 aliphatic heterocycles. The van der Waals surface area contributed by atoms with Crippen LogP contribution >= 0.6 is 15.9 Å². The summed E-state index contributed by atoms with van der Waals surface area (Å²) in [5.74, 6) is -0.156. The third-order valence-corrected chi connectivity index (χ3v) is 2.77. The van der Waals surface area contributed by atoms with Crippen molar-refractivity contribution in [2.75, 3.05) is 12.8 Å². The van der Waals surface area contributed by atoms with E-state index in [1.165, 1.54) is 7.11 Å². The van der Waals surface area contributed by atoms with Crippen LogP contribution in [-0.2, 0) is 9.53 Å². The molecule has 1 rings (SSSR count). The van der Waals surface area contributed by atoms with Gasteiger partial charge in [0.15, 0.2) is 0 Å². The highest BCUT2D eigenvalue weighted by Gasteiger charge is 2.14. The molecule has 0 heterocycles. The SMILES string of the molecule is COC(=O)CC(C)c1cc(Br)ccc1N. The fraction of sp³-hybridized carbons (Fsp3) is 0.364. The van der Waals surface area contributed by atoms with Gasteiger partial charge in [0.25, 0.3) is 0 Å². The number of nitrogen functional groups attached to an aromatic ring is 1. The van der Waals surface area contributed by atoms with E-state index in [0.29, 0.717) is 12.1 Å². The summed E-state index contributed by atoms with van der Waals surface area (Å²) in [5.41, 5.74) is 7.51. The molecule has 1 aromatic rings. The van der Waals surface area contributed by atoms with Crippen LogP contribution < -0.4 is 5.73 Å². The molecule has 1 aromatic carbocycles. The number of carbonyl (C=O) groups is 1. The van der Waals surface area contributed by atoms with E-state index in [0.717, 1.165) is 10.0 Å². The van der Waals surface area contributed by atoms with Crippen LogP contribution in [0.4, 0.5) is 5.69 Å². The highest BCUT2D eigenvalue weighted by atomic mass is 79.9. The highest BCUT2D eigenvalue weighted by molar-refractivity contribution is 9.10. The van der Waals surface area contributed by atoms with Crippen molar-refractivity contribution < 1.29 is 9.53 Å². The molecule has 0 aromatic heterocycles. The van der Waals surface area contributed by atoms with Crippen LogP contribution in [0.1, 0.15) is 24.8 Å². The van der Waals surface area contributed by atoms with Gasteiger partial charge < -0.3 is 10.5 Å². The van der Waals surface area contributed by atoms with E-state index in [1.807, 2.05) is 25.1 Å². The fourth-order valence-electron chi connectivity index (χ4n) is 1.42. The van der Waals surface area contributed by atoms with Crippen molar-refractivity contribution in [2.24, 2.45) is 0 Å². The molecule has 0 spiro atoms. The fourth-order valence-corrected chi connectivity index (χ4v) is 1.79. The van der Waals surface area contributed by atoms with Crippen molar-refractivity contribution >= 4 is 27.6 Å². The van der Waals surface area contributed by atoms with E-state index in [-0.39, 0.29) is 11.9 Å². The predicted octanol–water partition coefficient (Wildman–Crippen LogP) is 2.70. The normalized spacial score (nSPS) is 12.2. The van der Waals surface area contributed by atoms with Crippen LogP contribution in [0.3, 0.4) is 0 Å². The van der Waals surface area contributed by atoms with Gasteiger partial charge in [0, 0.05) is 10.2 Å². The first-order chi connectivity index (χ1) is 7.04. The second-order valence-electron chi connectivity index (χ2n) is 3.45. The zero-order valence-electron chi connectivity index (χ0n) is 8.79. The van der Waals surface area contributed by atoms with E-state index in [2.05, 4.69) is 20.7 Å². The number of benzene rings is 1. The molecule has 4 heteroatoms. The monoisotopic (exact) mass is 271 g/mol. The smallest absolute Gasteiger partial charge is 0.306 e. The molecule has 1 unspecified atom stereocenters. The summed E-state index contributed by atoms with van der Waals surface area (Å²) in [6, 6.07) is 5.64. The Bertz CT molecular complexity index is 366. The second kappa shape index (κ2) is 5.16. The first-order valence-electron chi connectivity index (χ1n) is 4.66. The second-order valence-corrected chi connectivity index (χ2v) is 4.37. The molecule has 2 N–H and O–H groups in total. The zero-order valence-corrected chi connectivity index (χ0v) is 10.4. The zero-order chi connectivity index (χ0) is 11.4. The average molecular weight is 272 g/mol. The largest absolute Gasteiger partial charge is 0.469 e. The standard InChI is InChI=1S/C11H14BrNO2/c1-7(5-11(14)15-2)9-6-8(12)3-4-10(9)13/h3-4,6-7H,5,13H2,1-2H3. The Morgan fingerprint density at radius 3 is 2.87 bits per heavy atom. The number of rotatable bonds is 3. The summed E-state index contributed by atoms with van der Waals surface area (Å²) >= 11 is 3.38. The van der Waals surface area contributed by atoms with Crippen LogP contribution in [0.25, 0.3) is 0 Å². The number of nitrogens with two attached hydrogens (primary N) is 1. The summed E-state index contributed by atoms with van der Waals surface area (Å²) in [6.07, 6.45) is 0.344. The average Bonchev–Trinajstić information content (AvgIpc) is 2.21. The molecule has 0 bridgehead atoms. The molecule has 0 fully saturated rings. The van der Waals surface area contributed by atoms with Gasteiger partial charge in [-0.05, 0) is 29.7 Å². The van der Waals surface area contributed by atoms with E-state index in [1.54, 1.807) is 0 Å². The number of anilines is 1. The van der Waals surface area contributed by atoms with Crippen molar-refractivity contribution in [1.82, 2.24) is 0 Å². The molecule has 0 aliphatic carbocycles. The van der Waals surface area contributed by atoms with Gasteiger partial charge in [-0.3, -0.25) is 4.79 Å². The molecule has 0 amide bonds. The summed E-state index contributed by atoms with van der Waals surface area (Å²) < 4.78 is 5.58. The maximum Gasteiger partial charge on any atom is 0.306 e. The van der Waals surface area contributed by atoms with Crippen LogP contribution in [-0.4, -0.2) is 13.1 Å². The maximum atomic E-state index is 11.1. The number of ether oxygens (including phenoxy) is 1. The van der Waals surface area contributed by atoms with Gasteiger partial charge in [-0.1, -0.05) is 22.9 Å². The van der Waals surface area contributed by atoms with E-state index in [4.69, 9.17) is 5.73 Å². The Morgan fingerprint density at radius 2 is 2.27 bits per heavy atom. The number of methoxy groups -OCH3 is 1. The number of hydrogen-bond donors (Lipinski definition) is 1.